The summed E-state index contributed by atoms with van der Waals surface area (Å²) in [5.74, 6) is -0.531. The van der Waals surface area contributed by atoms with Crippen molar-refractivity contribution < 1.29 is 19.2 Å². The summed E-state index contributed by atoms with van der Waals surface area (Å²) >= 11 is 0. The summed E-state index contributed by atoms with van der Waals surface area (Å²) in [5.41, 5.74) is 0.302. The van der Waals surface area contributed by atoms with Gasteiger partial charge in [-0.15, -0.1) is 0 Å². The van der Waals surface area contributed by atoms with E-state index >= 15 is 0 Å². The highest BCUT2D eigenvalue weighted by Gasteiger charge is 2.21. The summed E-state index contributed by atoms with van der Waals surface area (Å²) in [5, 5.41) is 20.7. The van der Waals surface area contributed by atoms with Crippen molar-refractivity contribution in [3.8, 4) is 11.5 Å². The molecule has 0 aliphatic rings. The van der Waals surface area contributed by atoms with E-state index in [-0.39, 0.29) is 22.7 Å². The smallest absolute Gasteiger partial charge is 0.311 e. The van der Waals surface area contributed by atoms with Crippen molar-refractivity contribution in [3.63, 3.8) is 0 Å². The fourth-order valence-corrected chi connectivity index (χ4v) is 2.04. The van der Waals surface area contributed by atoms with Crippen LogP contribution in [0.3, 0.4) is 0 Å². The van der Waals surface area contributed by atoms with Crippen molar-refractivity contribution in [1.29, 1.82) is 0 Å². The molecule has 1 N–H and O–H groups in total. The normalized spacial score (nSPS) is 12.0. The second-order valence-electron chi connectivity index (χ2n) is 4.61. The highest BCUT2D eigenvalue weighted by Crippen LogP contribution is 2.37. The first kappa shape index (κ1) is 14.9. The second kappa shape index (κ2) is 5.88. The molecular weight excluding hydrogens is 277 g/mol. The van der Waals surface area contributed by atoms with E-state index in [2.05, 4.69) is 0 Å². The van der Waals surface area contributed by atoms with Crippen LogP contribution >= 0.6 is 0 Å². The van der Waals surface area contributed by atoms with E-state index in [0.717, 1.165) is 0 Å². The van der Waals surface area contributed by atoms with Crippen molar-refractivity contribution in [2.45, 2.75) is 20.0 Å². The van der Waals surface area contributed by atoms with E-state index in [9.17, 15) is 19.6 Å². The van der Waals surface area contributed by atoms with Crippen LogP contribution in [0.25, 0.3) is 0 Å². The molecule has 2 rings (SSSR count). The minimum absolute atomic E-state index is 0.0324. The molecule has 0 aliphatic carbocycles. The Bertz CT molecular complexity index is 685. The SMILES string of the molecule is Cc1cccc([N+](=O)[O-])c1Oc1cccc(F)c1[C@@H](C)O. The van der Waals surface area contributed by atoms with Crippen LogP contribution in [0.15, 0.2) is 36.4 Å². The van der Waals surface area contributed by atoms with Crippen LogP contribution in [-0.2, 0) is 0 Å². The lowest BCUT2D eigenvalue weighted by atomic mass is 10.1. The summed E-state index contributed by atoms with van der Waals surface area (Å²) in [7, 11) is 0. The first-order valence-corrected chi connectivity index (χ1v) is 6.30. The molecule has 6 heteroatoms. The standard InChI is InChI=1S/C15H14FNO4/c1-9-5-3-7-12(17(19)20)15(9)21-13-8-4-6-11(16)14(13)10(2)18/h3-8,10,18H,1-2H3/t10-/m1/s1. The highest BCUT2D eigenvalue weighted by atomic mass is 19.1. The number of nitro benzene ring substituents is 1. The molecular formula is C15H14FNO4. The number of aliphatic hydroxyl groups excluding tert-OH is 1. The molecule has 5 nitrogen and oxygen atoms in total. The van der Waals surface area contributed by atoms with Gasteiger partial charge in [0.2, 0.25) is 5.75 Å². The lowest BCUT2D eigenvalue weighted by Gasteiger charge is -2.15. The predicted octanol–water partition coefficient (Wildman–Crippen LogP) is 3.89. The zero-order valence-electron chi connectivity index (χ0n) is 11.5. The Balaban J connectivity index is 2.54. The number of hydrogen-bond donors (Lipinski definition) is 1. The van der Waals surface area contributed by atoms with Gasteiger partial charge in [0.1, 0.15) is 11.6 Å². The van der Waals surface area contributed by atoms with Crippen LogP contribution < -0.4 is 4.74 Å². The second-order valence-corrected chi connectivity index (χ2v) is 4.61. The van der Waals surface area contributed by atoms with Crippen LogP contribution in [0, 0.1) is 22.9 Å². The van der Waals surface area contributed by atoms with Gasteiger partial charge < -0.3 is 9.84 Å². The minimum Gasteiger partial charge on any atom is -0.449 e. The zero-order chi connectivity index (χ0) is 15.6. The summed E-state index contributed by atoms with van der Waals surface area (Å²) in [6.07, 6.45) is -1.09. The first-order valence-electron chi connectivity index (χ1n) is 6.30. The fraction of sp³-hybridized carbons (Fsp3) is 0.200. The van der Waals surface area contributed by atoms with Gasteiger partial charge in [-0.3, -0.25) is 10.1 Å². The molecule has 0 amide bonds. The average Bonchev–Trinajstić information content (AvgIpc) is 2.40. The molecule has 2 aromatic rings. The van der Waals surface area contributed by atoms with Gasteiger partial charge in [-0.1, -0.05) is 18.2 Å². The highest BCUT2D eigenvalue weighted by molar-refractivity contribution is 5.54. The summed E-state index contributed by atoms with van der Waals surface area (Å²) in [6.45, 7) is 3.06. The third-order valence-electron chi connectivity index (χ3n) is 3.03. The first-order chi connectivity index (χ1) is 9.91. The van der Waals surface area contributed by atoms with E-state index in [1.54, 1.807) is 19.1 Å². The van der Waals surface area contributed by atoms with Gasteiger partial charge in [-0.2, -0.15) is 0 Å². The average molecular weight is 291 g/mol. The number of benzene rings is 2. The summed E-state index contributed by atoms with van der Waals surface area (Å²) in [4.78, 5) is 10.5. The maximum Gasteiger partial charge on any atom is 0.311 e. The summed E-state index contributed by atoms with van der Waals surface area (Å²) < 4.78 is 19.3. The molecule has 0 fully saturated rings. The largest absolute Gasteiger partial charge is 0.449 e. The van der Waals surface area contributed by atoms with Crippen molar-refractivity contribution in [2.75, 3.05) is 0 Å². The molecule has 110 valence electrons. The Morgan fingerprint density at radius 1 is 1.29 bits per heavy atom. The molecule has 0 aliphatic heterocycles. The maximum absolute atomic E-state index is 13.8. The maximum atomic E-state index is 13.8. The Kier molecular flexibility index (Phi) is 4.18. The predicted molar refractivity (Wildman–Crippen MR) is 74.9 cm³/mol. The topological polar surface area (TPSA) is 72.6 Å². The minimum atomic E-state index is -1.09. The van der Waals surface area contributed by atoms with Gasteiger partial charge in [0.15, 0.2) is 0 Å². The van der Waals surface area contributed by atoms with Crippen LogP contribution in [0.1, 0.15) is 24.2 Å². The van der Waals surface area contributed by atoms with E-state index in [4.69, 9.17) is 4.74 Å². The van der Waals surface area contributed by atoms with Crippen molar-refractivity contribution in [3.05, 3.63) is 63.5 Å². The van der Waals surface area contributed by atoms with Crippen LogP contribution in [0.4, 0.5) is 10.1 Å². The number of nitrogens with zero attached hydrogens (tertiary/aromatic N) is 1. The number of para-hydroxylation sites is 1. The van der Waals surface area contributed by atoms with Gasteiger partial charge in [0.05, 0.1) is 16.6 Å². The molecule has 1 atom stereocenters. The Morgan fingerprint density at radius 3 is 2.57 bits per heavy atom. The van der Waals surface area contributed by atoms with Gasteiger partial charge in [-0.05, 0) is 31.5 Å². The summed E-state index contributed by atoms with van der Waals surface area (Å²) in [6, 6.07) is 8.58. The van der Waals surface area contributed by atoms with Crippen molar-refractivity contribution in [1.82, 2.24) is 0 Å². The van der Waals surface area contributed by atoms with E-state index in [0.29, 0.717) is 5.56 Å². The molecule has 0 radical (unpaired) electrons. The van der Waals surface area contributed by atoms with Gasteiger partial charge in [-0.25, -0.2) is 4.39 Å². The molecule has 0 saturated heterocycles. The molecule has 0 aromatic heterocycles. The third kappa shape index (κ3) is 3.00. The van der Waals surface area contributed by atoms with E-state index in [1.807, 2.05) is 0 Å². The van der Waals surface area contributed by atoms with E-state index in [1.165, 1.54) is 31.2 Å². The molecule has 0 unspecified atom stereocenters. The number of nitro groups is 1. The number of hydrogen-bond acceptors (Lipinski definition) is 4. The van der Waals surface area contributed by atoms with Crippen LogP contribution in [0.5, 0.6) is 11.5 Å². The molecule has 0 heterocycles. The van der Waals surface area contributed by atoms with E-state index < -0.39 is 16.8 Å². The molecule has 0 spiro atoms. The van der Waals surface area contributed by atoms with Crippen molar-refractivity contribution in [2.24, 2.45) is 0 Å². The molecule has 0 saturated carbocycles. The van der Waals surface area contributed by atoms with Crippen molar-refractivity contribution >= 4 is 5.69 Å². The lowest BCUT2D eigenvalue weighted by molar-refractivity contribution is -0.385. The Morgan fingerprint density at radius 2 is 1.95 bits per heavy atom. The van der Waals surface area contributed by atoms with Crippen LogP contribution in [-0.4, -0.2) is 10.0 Å². The fourth-order valence-electron chi connectivity index (χ4n) is 2.04. The molecule has 0 bridgehead atoms. The number of rotatable bonds is 4. The molecule has 2 aromatic carbocycles. The molecule has 21 heavy (non-hydrogen) atoms. The Labute approximate surface area is 120 Å². The number of aryl methyl sites for hydroxylation is 1. The number of ether oxygens (including phenoxy) is 1. The van der Waals surface area contributed by atoms with Gasteiger partial charge in [0.25, 0.3) is 0 Å². The number of halogens is 1. The van der Waals surface area contributed by atoms with Gasteiger partial charge >= 0.3 is 5.69 Å². The Hall–Kier alpha value is -2.47. The quantitative estimate of drug-likeness (QED) is 0.685. The van der Waals surface area contributed by atoms with Gasteiger partial charge in [0, 0.05) is 6.07 Å². The van der Waals surface area contributed by atoms with Crippen LogP contribution in [0.2, 0.25) is 0 Å². The third-order valence-corrected chi connectivity index (χ3v) is 3.03. The lowest BCUT2D eigenvalue weighted by Crippen LogP contribution is -2.02. The number of aliphatic hydroxyl groups is 1. The zero-order valence-corrected chi connectivity index (χ0v) is 11.5. The monoisotopic (exact) mass is 291 g/mol.